The van der Waals surface area contributed by atoms with Crippen LogP contribution in [-0.2, 0) is 4.79 Å². The zero-order valence-corrected chi connectivity index (χ0v) is 9.50. The van der Waals surface area contributed by atoms with E-state index < -0.39 is 0 Å². The molecular formula is C9H24N2O2. The fourth-order valence-electron chi connectivity index (χ4n) is 0.671. The van der Waals surface area contributed by atoms with Gasteiger partial charge in [0, 0.05) is 14.1 Å². The molecule has 82 valence electrons. The zero-order valence-electron chi connectivity index (χ0n) is 9.50. The molecule has 0 fully saturated rings. The third-order valence-corrected chi connectivity index (χ3v) is 1.55. The maximum atomic E-state index is 9.43. The Morgan fingerprint density at radius 3 is 1.23 bits per heavy atom. The topological polar surface area (TPSA) is 55.0 Å². The van der Waals surface area contributed by atoms with Crippen molar-refractivity contribution in [3.05, 3.63) is 0 Å². The Labute approximate surface area is 81.8 Å². The molecule has 4 nitrogen and oxygen atoms in total. The molecule has 0 aliphatic carbocycles. The number of amides is 1. The van der Waals surface area contributed by atoms with Crippen molar-refractivity contribution >= 4 is 6.41 Å². The highest BCUT2D eigenvalue weighted by Gasteiger charge is 1.89. The van der Waals surface area contributed by atoms with E-state index in [1.807, 2.05) is 0 Å². The highest BCUT2D eigenvalue weighted by molar-refractivity contribution is 5.45. The van der Waals surface area contributed by atoms with E-state index in [0.717, 1.165) is 6.41 Å². The van der Waals surface area contributed by atoms with E-state index in [9.17, 15) is 4.79 Å². The van der Waals surface area contributed by atoms with Crippen molar-refractivity contribution in [3.63, 3.8) is 0 Å². The Balaban J connectivity index is -0.000000150. The summed E-state index contributed by atoms with van der Waals surface area (Å²) in [4.78, 5) is 13.2. The van der Waals surface area contributed by atoms with Crippen LogP contribution >= 0.6 is 0 Å². The van der Waals surface area contributed by atoms with Gasteiger partial charge in [-0.05, 0) is 19.6 Å². The Bertz CT molecular complexity index is 88.1. The summed E-state index contributed by atoms with van der Waals surface area (Å²) in [5, 5.41) is 0. The standard InChI is InChI=1S/C6H15N.C3H7NO.H2O/c1-4-7(5-2)6-3;1-4(2)3-5;/h4-6H2,1-3H3;3H,1-2H3;1H2. The largest absolute Gasteiger partial charge is 0.412 e. The number of carbonyl (C=O) groups excluding carboxylic acids is 1. The summed E-state index contributed by atoms with van der Waals surface area (Å²) in [6.45, 7) is 10.1. The molecule has 1 amide bonds. The van der Waals surface area contributed by atoms with Crippen LogP contribution in [0.25, 0.3) is 0 Å². The average molecular weight is 192 g/mol. The van der Waals surface area contributed by atoms with E-state index in [1.165, 1.54) is 24.5 Å². The van der Waals surface area contributed by atoms with Gasteiger partial charge in [-0.25, -0.2) is 0 Å². The van der Waals surface area contributed by atoms with Crippen molar-refractivity contribution in [2.45, 2.75) is 20.8 Å². The minimum atomic E-state index is 0. The predicted octanol–water partition coefficient (Wildman–Crippen LogP) is 0.228. The molecule has 0 saturated heterocycles. The molecule has 0 atom stereocenters. The number of rotatable bonds is 4. The SMILES string of the molecule is CCN(CC)CC.CN(C)C=O.O. The molecule has 0 heterocycles. The van der Waals surface area contributed by atoms with Crippen LogP contribution in [0.15, 0.2) is 0 Å². The summed E-state index contributed by atoms with van der Waals surface area (Å²) in [7, 11) is 3.38. The minimum absolute atomic E-state index is 0. The molecule has 0 spiro atoms. The van der Waals surface area contributed by atoms with E-state index in [0.29, 0.717) is 0 Å². The summed E-state index contributed by atoms with van der Waals surface area (Å²) in [6, 6.07) is 0. The predicted molar refractivity (Wildman–Crippen MR) is 56.8 cm³/mol. The highest BCUT2D eigenvalue weighted by Crippen LogP contribution is 1.81. The van der Waals surface area contributed by atoms with E-state index in [-0.39, 0.29) is 5.48 Å². The maximum absolute atomic E-state index is 9.43. The smallest absolute Gasteiger partial charge is 0.209 e. The maximum Gasteiger partial charge on any atom is 0.209 e. The van der Waals surface area contributed by atoms with E-state index in [1.54, 1.807) is 14.1 Å². The number of hydrogen-bond acceptors (Lipinski definition) is 2. The van der Waals surface area contributed by atoms with Crippen molar-refractivity contribution in [1.29, 1.82) is 0 Å². The summed E-state index contributed by atoms with van der Waals surface area (Å²) < 4.78 is 0. The molecule has 0 aromatic heterocycles. The average Bonchev–Trinajstić information content (AvgIpc) is 2.09. The third-order valence-electron chi connectivity index (χ3n) is 1.55. The van der Waals surface area contributed by atoms with Crippen LogP contribution in [0.4, 0.5) is 0 Å². The van der Waals surface area contributed by atoms with Crippen LogP contribution in [0.3, 0.4) is 0 Å². The van der Waals surface area contributed by atoms with Gasteiger partial charge in [0.1, 0.15) is 0 Å². The van der Waals surface area contributed by atoms with Crippen LogP contribution in [-0.4, -0.2) is 55.4 Å². The van der Waals surface area contributed by atoms with Gasteiger partial charge in [0.15, 0.2) is 0 Å². The van der Waals surface area contributed by atoms with E-state index in [4.69, 9.17) is 0 Å². The summed E-state index contributed by atoms with van der Waals surface area (Å²) in [6.07, 6.45) is 0.750. The molecule has 0 unspecified atom stereocenters. The lowest BCUT2D eigenvalue weighted by Crippen LogP contribution is -2.21. The van der Waals surface area contributed by atoms with Crippen molar-refractivity contribution in [2.75, 3.05) is 33.7 Å². The Morgan fingerprint density at radius 1 is 1.00 bits per heavy atom. The fourth-order valence-corrected chi connectivity index (χ4v) is 0.671. The van der Waals surface area contributed by atoms with Gasteiger partial charge in [-0.15, -0.1) is 0 Å². The first-order chi connectivity index (χ1) is 5.62. The van der Waals surface area contributed by atoms with Gasteiger partial charge in [0.05, 0.1) is 0 Å². The van der Waals surface area contributed by atoms with Gasteiger partial charge >= 0.3 is 0 Å². The van der Waals surface area contributed by atoms with Crippen molar-refractivity contribution in [3.8, 4) is 0 Å². The van der Waals surface area contributed by atoms with Gasteiger partial charge < -0.3 is 15.3 Å². The lowest BCUT2D eigenvalue weighted by molar-refractivity contribution is -0.115. The lowest BCUT2D eigenvalue weighted by Gasteiger charge is -2.13. The first-order valence-electron chi connectivity index (χ1n) is 4.46. The number of hydrogen-bond donors (Lipinski definition) is 0. The van der Waals surface area contributed by atoms with Gasteiger partial charge in [-0.2, -0.15) is 0 Å². The normalized spacial score (nSPS) is 8.15. The first-order valence-corrected chi connectivity index (χ1v) is 4.46. The molecule has 4 heteroatoms. The molecule has 13 heavy (non-hydrogen) atoms. The van der Waals surface area contributed by atoms with Gasteiger partial charge in [-0.1, -0.05) is 20.8 Å². The molecule has 0 aromatic carbocycles. The summed E-state index contributed by atoms with van der Waals surface area (Å²) in [5.41, 5.74) is 0. The van der Waals surface area contributed by atoms with Crippen LogP contribution in [0.1, 0.15) is 20.8 Å². The minimum Gasteiger partial charge on any atom is -0.412 e. The lowest BCUT2D eigenvalue weighted by atomic mass is 10.5. The Hall–Kier alpha value is -0.610. The molecule has 0 rings (SSSR count). The zero-order chi connectivity index (χ0) is 9.98. The molecule has 0 saturated carbocycles. The molecule has 0 aliphatic rings. The second kappa shape index (κ2) is 13.9. The van der Waals surface area contributed by atoms with Crippen LogP contribution < -0.4 is 0 Å². The van der Waals surface area contributed by atoms with Gasteiger partial charge in [0.25, 0.3) is 0 Å². The van der Waals surface area contributed by atoms with E-state index >= 15 is 0 Å². The quantitative estimate of drug-likeness (QED) is 0.599. The molecule has 0 aliphatic heterocycles. The van der Waals surface area contributed by atoms with Crippen molar-refractivity contribution in [2.24, 2.45) is 0 Å². The first kappa shape index (κ1) is 18.2. The van der Waals surface area contributed by atoms with Gasteiger partial charge in [-0.3, -0.25) is 4.79 Å². The summed E-state index contributed by atoms with van der Waals surface area (Å²) in [5.74, 6) is 0. The number of carbonyl (C=O) groups is 1. The number of nitrogens with zero attached hydrogens (tertiary/aromatic N) is 2. The van der Waals surface area contributed by atoms with Crippen LogP contribution in [0, 0.1) is 0 Å². The highest BCUT2D eigenvalue weighted by atomic mass is 16.1. The monoisotopic (exact) mass is 192 g/mol. The molecule has 0 aromatic rings. The Morgan fingerprint density at radius 2 is 1.23 bits per heavy atom. The Kier molecular flexibility index (Phi) is 19.6. The van der Waals surface area contributed by atoms with Gasteiger partial charge in [0.2, 0.25) is 6.41 Å². The third kappa shape index (κ3) is 18.4. The fraction of sp³-hybridized carbons (Fsp3) is 0.889. The van der Waals surface area contributed by atoms with Crippen LogP contribution in [0.5, 0.6) is 0 Å². The van der Waals surface area contributed by atoms with Crippen molar-refractivity contribution in [1.82, 2.24) is 9.80 Å². The van der Waals surface area contributed by atoms with Crippen LogP contribution in [0.2, 0.25) is 0 Å². The molecule has 0 radical (unpaired) electrons. The van der Waals surface area contributed by atoms with Crippen molar-refractivity contribution < 1.29 is 10.3 Å². The second-order valence-electron chi connectivity index (χ2n) is 2.69. The molecule has 0 bridgehead atoms. The second-order valence-corrected chi connectivity index (χ2v) is 2.69. The van der Waals surface area contributed by atoms with E-state index in [2.05, 4.69) is 25.7 Å². The molecule has 2 N–H and O–H groups in total. The summed E-state index contributed by atoms with van der Waals surface area (Å²) >= 11 is 0. The molecular weight excluding hydrogens is 168 g/mol.